The van der Waals surface area contributed by atoms with E-state index in [1.165, 1.54) is 25.8 Å². The van der Waals surface area contributed by atoms with Crippen LogP contribution in [0, 0.1) is 17.2 Å². The maximum Gasteiger partial charge on any atom is 0.330 e. The molecule has 0 fully saturated rings. The highest BCUT2D eigenvalue weighted by atomic mass is 16.4. The maximum absolute atomic E-state index is 10.5. The topological polar surface area (TPSA) is 98.4 Å². The number of rotatable bonds is 8. The van der Waals surface area contributed by atoms with Gasteiger partial charge >= 0.3 is 11.9 Å². The Kier molecular flexibility index (Phi) is 19.7. The fourth-order valence-corrected chi connectivity index (χ4v) is 1.38. The van der Waals surface area contributed by atoms with Crippen LogP contribution in [0.1, 0.15) is 52.9 Å². The van der Waals surface area contributed by atoms with Gasteiger partial charge in [0.1, 0.15) is 0 Å². The van der Waals surface area contributed by atoms with Crippen LogP contribution in [0.3, 0.4) is 0 Å². The van der Waals surface area contributed by atoms with Gasteiger partial charge < -0.3 is 10.2 Å². The van der Waals surface area contributed by atoms with Crippen molar-refractivity contribution in [1.29, 1.82) is 5.26 Å². The molecule has 0 saturated carbocycles. The largest absolute Gasteiger partial charge is 0.478 e. The molecule has 0 aliphatic heterocycles. The molecule has 1 unspecified atom stereocenters. The average Bonchev–Trinajstić information content (AvgIpc) is 2.51. The van der Waals surface area contributed by atoms with Gasteiger partial charge in [0.25, 0.3) is 0 Å². The van der Waals surface area contributed by atoms with E-state index in [9.17, 15) is 9.59 Å². The van der Waals surface area contributed by atoms with Crippen LogP contribution in [0.25, 0.3) is 0 Å². The predicted octanol–water partition coefficient (Wildman–Crippen LogP) is 4.58. The van der Waals surface area contributed by atoms with E-state index in [4.69, 9.17) is 15.5 Å². The summed E-state index contributed by atoms with van der Waals surface area (Å²) < 4.78 is 0. The Morgan fingerprint density at radius 3 is 1.87 bits per heavy atom. The molecule has 5 nitrogen and oxygen atoms in total. The number of carboxylic acids is 2. The summed E-state index contributed by atoms with van der Waals surface area (Å²) in [6, 6.07) is 1.69. The highest BCUT2D eigenvalue weighted by molar-refractivity contribution is 5.85. The van der Waals surface area contributed by atoms with E-state index in [2.05, 4.69) is 33.6 Å². The van der Waals surface area contributed by atoms with Crippen molar-refractivity contribution in [3.63, 3.8) is 0 Å². The van der Waals surface area contributed by atoms with E-state index < -0.39 is 11.9 Å². The van der Waals surface area contributed by atoms with Crippen molar-refractivity contribution >= 4 is 11.9 Å². The summed E-state index contributed by atoms with van der Waals surface area (Å²) in [5, 5.41) is 24.1. The van der Waals surface area contributed by atoms with Gasteiger partial charge in [0.15, 0.2) is 0 Å². The average molecular weight is 323 g/mol. The van der Waals surface area contributed by atoms with Crippen LogP contribution < -0.4 is 0 Å². The van der Waals surface area contributed by atoms with E-state index in [0.717, 1.165) is 12.8 Å². The molecule has 0 aromatic rings. The Morgan fingerprint density at radius 1 is 1.22 bits per heavy atom. The lowest BCUT2D eigenvalue weighted by Gasteiger charge is -2.13. The molecule has 0 amide bonds. The molecule has 0 heterocycles. The molecule has 0 aromatic carbocycles. The summed E-state index contributed by atoms with van der Waals surface area (Å²) in [7, 11) is 0. The minimum absolute atomic E-state index is 0.176. The number of carbonyl (C=O) groups is 2. The van der Waals surface area contributed by atoms with Gasteiger partial charge in [-0.05, 0) is 19.3 Å². The van der Waals surface area contributed by atoms with Gasteiger partial charge in [-0.3, -0.25) is 0 Å². The number of hydrogen-bond donors (Lipinski definition) is 2. The van der Waals surface area contributed by atoms with Crippen molar-refractivity contribution < 1.29 is 19.8 Å². The van der Waals surface area contributed by atoms with Crippen molar-refractivity contribution in [3.05, 3.63) is 37.0 Å². The number of carboxylic acid groups (broad SMARTS) is 2. The molecule has 23 heavy (non-hydrogen) atoms. The first-order valence-electron chi connectivity index (χ1n) is 7.48. The van der Waals surface area contributed by atoms with Crippen LogP contribution in [0.2, 0.25) is 0 Å². The molecule has 0 spiro atoms. The summed E-state index contributed by atoms with van der Waals surface area (Å²) >= 11 is 0. The van der Waals surface area contributed by atoms with Crippen LogP contribution in [0.5, 0.6) is 0 Å². The third kappa shape index (κ3) is 22.1. The molecule has 1 atom stereocenters. The van der Waals surface area contributed by atoms with Gasteiger partial charge in [-0.1, -0.05) is 59.3 Å². The Labute approximate surface area is 139 Å². The number of allylic oxidation sites excluding steroid dienone is 1. The number of hydrogen-bond acceptors (Lipinski definition) is 3. The molecular weight excluding hydrogens is 294 g/mol. The standard InChI is InChI=1S/C11H20O2.C4H6O2.C3H3N/c1-4-6-7-10(5-2)8-9(3)11(12)13;1-3(2)4(5)6;1-2-3-4/h10H,3-8H2,1-2H3,(H,12,13);1H2,2H3,(H,5,6);2H,1H2. The van der Waals surface area contributed by atoms with Gasteiger partial charge in [-0.15, -0.1) is 0 Å². The smallest absolute Gasteiger partial charge is 0.330 e. The first kappa shape index (κ1) is 25.6. The van der Waals surface area contributed by atoms with Gasteiger partial charge in [-0.25, -0.2) is 9.59 Å². The quantitative estimate of drug-likeness (QED) is 0.503. The number of nitriles is 1. The zero-order chi connectivity index (χ0) is 18.8. The predicted molar refractivity (Wildman–Crippen MR) is 93.0 cm³/mol. The van der Waals surface area contributed by atoms with E-state index >= 15 is 0 Å². The lowest BCUT2D eigenvalue weighted by atomic mass is 9.92. The molecule has 130 valence electrons. The van der Waals surface area contributed by atoms with Crippen LogP contribution >= 0.6 is 0 Å². The molecular formula is C18H29NO4. The lowest BCUT2D eigenvalue weighted by Crippen LogP contribution is -2.06. The van der Waals surface area contributed by atoms with Gasteiger partial charge in [0.2, 0.25) is 0 Å². The second-order valence-corrected chi connectivity index (χ2v) is 4.95. The van der Waals surface area contributed by atoms with Crippen LogP contribution in [0.4, 0.5) is 0 Å². The Hall–Kier alpha value is -2.35. The molecule has 0 aliphatic carbocycles. The first-order chi connectivity index (χ1) is 10.7. The maximum atomic E-state index is 10.5. The zero-order valence-corrected chi connectivity index (χ0v) is 14.5. The molecule has 0 aliphatic rings. The van der Waals surface area contributed by atoms with E-state index in [1.807, 2.05) is 0 Å². The molecule has 5 heteroatoms. The van der Waals surface area contributed by atoms with Gasteiger partial charge in [0.05, 0.1) is 6.07 Å². The fourth-order valence-electron chi connectivity index (χ4n) is 1.38. The monoisotopic (exact) mass is 323 g/mol. The zero-order valence-electron chi connectivity index (χ0n) is 14.5. The highest BCUT2D eigenvalue weighted by Gasteiger charge is 2.11. The van der Waals surface area contributed by atoms with Crippen molar-refractivity contribution in [3.8, 4) is 6.07 Å². The molecule has 2 N–H and O–H groups in total. The second kappa shape index (κ2) is 17.7. The van der Waals surface area contributed by atoms with Crippen molar-refractivity contribution in [1.82, 2.24) is 0 Å². The third-order valence-electron chi connectivity index (χ3n) is 2.84. The number of aliphatic carboxylic acids is 2. The van der Waals surface area contributed by atoms with E-state index in [1.54, 1.807) is 6.07 Å². The minimum Gasteiger partial charge on any atom is -0.478 e. The number of unbranched alkanes of at least 4 members (excludes halogenated alkanes) is 1. The van der Waals surface area contributed by atoms with Crippen molar-refractivity contribution in [2.45, 2.75) is 52.9 Å². The van der Waals surface area contributed by atoms with E-state index in [-0.39, 0.29) is 5.57 Å². The Balaban J connectivity index is -0.000000330. The summed E-state index contributed by atoms with van der Waals surface area (Å²) in [4.78, 5) is 20.1. The van der Waals surface area contributed by atoms with Crippen molar-refractivity contribution in [2.24, 2.45) is 5.92 Å². The summed E-state index contributed by atoms with van der Waals surface area (Å²) in [6.07, 6.45) is 6.36. The van der Waals surface area contributed by atoms with Crippen molar-refractivity contribution in [2.75, 3.05) is 0 Å². The molecule has 0 bridgehead atoms. The molecule has 0 saturated heterocycles. The van der Waals surface area contributed by atoms with E-state index in [0.29, 0.717) is 17.9 Å². The van der Waals surface area contributed by atoms with Crippen LogP contribution in [0.15, 0.2) is 37.0 Å². The second-order valence-electron chi connectivity index (χ2n) is 4.95. The third-order valence-corrected chi connectivity index (χ3v) is 2.84. The SMILES string of the molecule is C=C(C)C(=O)O.C=C(CC(CC)CCCC)C(=O)O.C=CC#N. The van der Waals surface area contributed by atoms with Gasteiger partial charge in [0, 0.05) is 17.2 Å². The molecule has 0 rings (SSSR count). The summed E-state index contributed by atoms with van der Waals surface area (Å²) in [5.74, 6) is -1.28. The highest BCUT2D eigenvalue weighted by Crippen LogP contribution is 2.20. The normalized spacial score (nSPS) is 9.65. The summed E-state index contributed by atoms with van der Waals surface area (Å²) in [6.45, 7) is 15.5. The number of nitrogens with zero attached hydrogens (tertiary/aromatic N) is 1. The Morgan fingerprint density at radius 2 is 1.65 bits per heavy atom. The van der Waals surface area contributed by atoms with Gasteiger partial charge in [-0.2, -0.15) is 5.26 Å². The fraction of sp³-hybridized carbons (Fsp3) is 0.500. The van der Waals surface area contributed by atoms with Crippen LogP contribution in [-0.2, 0) is 9.59 Å². The lowest BCUT2D eigenvalue weighted by molar-refractivity contribution is -0.133. The van der Waals surface area contributed by atoms with Crippen LogP contribution in [-0.4, -0.2) is 22.2 Å². The molecule has 0 radical (unpaired) electrons. The Bertz CT molecular complexity index is 421. The minimum atomic E-state index is -0.935. The first-order valence-corrected chi connectivity index (χ1v) is 7.48. The summed E-state index contributed by atoms with van der Waals surface area (Å²) in [5.41, 5.74) is 0.526. The molecule has 0 aromatic heterocycles.